The SMILES string of the molecule is O=C(NO)[C@@H](Cc1c[nH]c2ccccc12)n1cc(CNS(=O)(=O)c2ccc(-c3ccccc3)s2)nn1. The number of H-pyrrole nitrogens is 1. The highest BCUT2D eigenvalue weighted by Gasteiger charge is 2.24. The fourth-order valence-corrected chi connectivity index (χ4v) is 6.25. The maximum Gasteiger partial charge on any atom is 0.268 e. The molecule has 0 spiro atoms. The number of nitrogens with zero attached hydrogens (tertiary/aromatic N) is 3. The molecular formula is C24H22N6O4S2. The van der Waals surface area contributed by atoms with Gasteiger partial charge in [0.15, 0.2) is 0 Å². The molecule has 0 aliphatic carbocycles. The lowest BCUT2D eigenvalue weighted by atomic mass is 10.0. The molecule has 0 aliphatic heterocycles. The number of hydroxylamine groups is 1. The van der Waals surface area contributed by atoms with Crippen LogP contribution in [0.3, 0.4) is 0 Å². The highest BCUT2D eigenvalue weighted by Crippen LogP contribution is 2.30. The van der Waals surface area contributed by atoms with Gasteiger partial charge in [-0.05, 0) is 29.3 Å². The molecule has 184 valence electrons. The van der Waals surface area contributed by atoms with Gasteiger partial charge >= 0.3 is 0 Å². The number of aromatic amines is 1. The summed E-state index contributed by atoms with van der Waals surface area (Å²) >= 11 is 1.17. The number of nitrogens with one attached hydrogen (secondary N) is 3. The Balaban J connectivity index is 1.30. The Morgan fingerprint density at radius 3 is 2.67 bits per heavy atom. The summed E-state index contributed by atoms with van der Waals surface area (Å²) in [6.07, 6.45) is 3.53. The molecule has 0 radical (unpaired) electrons. The second kappa shape index (κ2) is 10.0. The number of fused-ring (bicyclic) bond motifs is 1. The number of thiophene rings is 1. The van der Waals surface area contributed by atoms with E-state index in [0.29, 0.717) is 5.69 Å². The Hall–Kier alpha value is -3.84. The van der Waals surface area contributed by atoms with Crippen molar-refractivity contribution in [2.75, 3.05) is 0 Å². The van der Waals surface area contributed by atoms with Gasteiger partial charge in [-0.25, -0.2) is 23.3 Å². The van der Waals surface area contributed by atoms with Crippen LogP contribution in [0.4, 0.5) is 0 Å². The van der Waals surface area contributed by atoms with Crippen LogP contribution in [-0.2, 0) is 27.8 Å². The van der Waals surface area contributed by atoms with Crippen LogP contribution in [0.15, 0.2) is 83.3 Å². The zero-order valence-corrected chi connectivity index (χ0v) is 20.5. The minimum atomic E-state index is -3.77. The first-order chi connectivity index (χ1) is 17.4. The zero-order valence-electron chi connectivity index (χ0n) is 18.8. The molecular weight excluding hydrogens is 500 g/mol. The van der Waals surface area contributed by atoms with Crippen molar-refractivity contribution in [3.63, 3.8) is 0 Å². The lowest BCUT2D eigenvalue weighted by molar-refractivity contribution is -0.133. The Kier molecular flexibility index (Phi) is 6.65. The summed E-state index contributed by atoms with van der Waals surface area (Å²) in [5, 5.41) is 18.3. The number of amides is 1. The summed E-state index contributed by atoms with van der Waals surface area (Å²) in [6.45, 7) is -0.110. The Labute approximate surface area is 210 Å². The molecule has 3 heterocycles. The molecule has 0 saturated carbocycles. The molecule has 1 amide bonds. The van der Waals surface area contributed by atoms with E-state index in [2.05, 4.69) is 20.0 Å². The molecule has 0 bridgehead atoms. The van der Waals surface area contributed by atoms with Gasteiger partial charge in [0.05, 0.1) is 18.4 Å². The van der Waals surface area contributed by atoms with Crippen LogP contribution in [0.5, 0.6) is 0 Å². The summed E-state index contributed by atoms with van der Waals surface area (Å²) < 4.78 is 29.7. The molecule has 36 heavy (non-hydrogen) atoms. The number of hydrogen-bond donors (Lipinski definition) is 4. The second-order valence-electron chi connectivity index (χ2n) is 8.05. The number of rotatable bonds is 9. The van der Waals surface area contributed by atoms with E-state index in [-0.39, 0.29) is 17.2 Å². The topological polar surface area (TPSA) is 142 Å². The van der Waals surface area contributed by atoms with Crippen molar-refractivity contribution in [3.05, 3.63) is 90.4 Å². The Morgan fingerprint density at radius 2 is 1.86 bits per heavy atom. The smallest absolute Gasteiger partial charge is 0.268 e. The van der Waals surface area contributed by atoms with Gasteiger partial charge in [-0.3, -0.25) is 10.0 Å². The predicted molar refractivity (Wildman–Crippen MR) is 135 cm³/mol. The molecule has 12 heteroatoms. The maximum absolute atomic E-state index is 12.8. The van der Waals surface area contributed by atoms with Gasteiger partial charge in [0.25, 0.3) is 5.91 Å². The lowest BCUT2D eigenvalue weighted by Crippen LogP contribution is -2.32. The first kappa shape index (κ1) is 23.9. The summed E-state index contributed by atoms with van der Waals surface area (Å²) in [5.41, 5.74) is 4.74. The van der Waals surface area contributed by atoms with E-state index in [0.717, 1.165) is 26.9 Å². The van der Waals surface area contributed by atoms with Crippen LogP contribution in [-0.4, -0.2) is 39.5 Å². The van der Waals surface area contributed by atoms with Gasteiger partial charge in [0, 0.05) is 28.4 Å². The van der Waals surface area contributed by atoms with Crippen molar-refractivity contribution in [2.45, 2.75) is 23.2 Å². The number of aromatic nitrogens is 4. The average molecular weight is 523 g/mol. The zero-order chi connectivity index (χ0) is 25.1. The molecule has 1 atom stereocenters. The molecule has 5 aromatic rings. The fraction of sp³-hybridized carbons (Fsp3) is 0.125. The number of hydrogen-bond acceptors (Lipinski definition) is 7. The highest BCUT2D eigenvalue weighted by molar-refractivity contribution is 7.91. The molecule has 10 nitrogen and oxygen atoms in total. The minimum absolute atomic E-state index is 0.110. The number of benzene rings is 2. The third-order valence-electron chi connectivity index (χ3n) is 5.73. The molecule has 5 rings (SSSR count). The van der Waals surface area contributed by atoms with Crippen molar-refractivity contribution in [3.8, 4) is 10.4 Å². The van der Waals surface area contributed by atoms with Gasteiger partial charge in [-0.15, -0.1) is 16.4 Å². The normalized spacial score (nSPS) is 12.6. The molecule has 3 aromatic heterocycles. The van der Waals surface area contributed by atoms with E-state index in [1.165, 1.54) is 22.2 Å². The van der Waals surface area contributed by atoms with Crippen molar-refractivity contribution < 1.29 is 18.4 Å². The van der Waals surface area contributed by atoms with Crippen LogP contribution in [0.25, 0.3) is 21.3 Å². The minimum Gasteiger partial charge on any atom is -0.361 e. The van der Waals surface area contributed by atoms with Crippen molar-refractivity contribution in [1.29, 1.82) is 0 Å². The Morgan fingerprint density at radius 1 is 1.08 bits per heavy atom. The van der Waals surface area contributed by atoms with Gasteiger partial charge in [-0.2, -0.15) is 0 Å². The predicted octanol–water partition coefficient (Wildman–Crippen LogP) is 3.26. The van der Waals surface area contributed by atoms with E-state index in [1.54, 1.807) is 23.8 Å². The second-order valence-corrected chi connectivity index (χ2v) is 11.1. The van der Waals surface area contributed by atoms with Crippen LogP contribution in [0.1, 0.15) is 17.3 Å². The van der Waals surface area contributed by atoms with Crippen LogP contribution >= 0.6 is 11.3 Å². The molecule has 0 unspecified atom stereocenters. The van der Waals surface area contributed by atoms with E-state index < -0.39 is 22.0 Å². The van der Waals surface area contributed by atoms with Crippen LogP contribution < -0.4 is 10.2 Å². The monoisotopic (exact) mass is 522 g/mol. The molecule has 0 fully saturated rings. The lowest BCUT2D eigenvalue weighted by Gasteiger charge is -2.14. The number of para-hydroxylation sites is 1. The molecule has 0 aliphatic rings. The number of carbonyl (C=O) groups excluding carboxylic acids is 1. The summed E-state index contributed by atoms with van der Waals surface area (Å²) in [7, 11) is -3.77. The van der Waals surface area contributed by atoms with Gasteiger partial charge in [-0.1, -0.05) is 53.7 Å². The third kappa shape index (κ3) is 4.93. The number of carbonyl (C=O) groups is 1. The summed E-state index contributed by atoms with van der Waals surface area (Å²) in [5.74, 6) is -0.663. The first-order valence-electron chi connectivity index (χ1n) is 11.0. The van der Waals surface area contributed by atoms with E-state index in [9.17, 15) is 18.4 Å². The van der Waals surface area contributed by atoms with E-state index in [4.69, 9.17) is 0 Å². The van der Waals surface area contributed by atoms with Crippen LogP contribution in [0.2, 0.25) is 0 Å². The van der Waals surface area contributed by atoms with E-state index >= 15 is 0 Å². The summed E-state index contributed by atoms with van der Waals surface area (Å²) in [4.78, 5) is 16.4. The van der Waals surface area contributed by atoms with Crippen molar-refractivity contribution in [1.82, 2.24) is 30.2 Å². The van der Waals surface area contributed by atoms with Gasteiger partial charge in [0.1, 0.15) is 10.3 Å². The van der Waals surface area contributed by atoms with E-state index in [1.807, 2.05) is 54.6 Å². The van der Waals surface area contributed by atoms with Gasteiger partial charge in [0.2, 0.25) is 10.0 Å². The largest absolute Gasteiger partial charge is 0.361 e. The van der Waals surface area contributed by atoms with Crippen molar-refractivity contribution >= 4 is 38.2 Å². The highest BCUT2D eigenvalue weighted by atomic mass is 32.2. The fourth-order valence-electron chi connectivity index (χ4n) is 3.90. The van der Waals surface area contributed by atoms with Crippen molar-refractivity contribution in [2.24, 2.45) is 0 Å². The average Bonchev–Trinajstić information content (AvgIpc) is 3.66. The molecule has 4 N–H and O–H groups in total. The van der Waals surface area contributed by atoms with Gasteiger partial charge < -0.3 is 4.98 Å². The standard InChI is InChI=1S/C24H22N6O4S2/c31-24(28-32)21(12-17-13-25-20-9-5-4-8-19(17)20)30-15-18(27-29-30)14-26-36(33,34)23-11-10-22(35-23)16-6-2-1-3-7-16/h1-11,13,15,21,25-26,32H,12,14H2,(H,28,31)/t21-/m1/s1. The maximum atomic E-state index is 12.8. The molecule has 0 saturated heterocycles. The third-order valence-corrected chi connectivity index (χ3v) is 8.75. The molecule has 2 aromatic carbocycles. The number of sulfonamides is 1. The Bertz CT molecular complexity index is 1610. The first-order valence-corrected chi connectivity index (χ1v) is 13.3. The quantitative estimate of drug-likeness (QED) is 0.173. The summed E-state index contributed by atoms with van der Waals surface area (Å²) in [6, 6.07) is 19.6. The van der Waals surface area contributed by atoms with Crippen LogP contribution in [0, 0.1) is 0 Å².